The molecule has 1 aromatic rings. The molecule has 15 heavy (non-hydrogen) atoms. The second kappa shape index (κ2) is 5.23. The Balaban J connectivity index is 1.68. The van der Waals surface area contributed by atoms with Gasteiger partial charge in [-0.25, -0.2) is 0 Å². The predicted molar refractivity (Wildman–Crippen MR) is 54.3 cm³/mol. The summed E-state index contributed by atoms with van der Waals surface area (Å²) in [4.78, 5) is 4.17. The van der Waals surface area contributed by atoms with Crippen LogP contribution in [0.2, 0.25) is 0 Å². The van der Waals surface area contributed by atoms with Gasteiger partial charge in [0.25, 0.3) is 0 Å². The molecular formula is C10H17N3O2. The summed E-state index contributed by atoms with van der Waals surface area (Å²) in [6.07, 6.45) is 1.98. The molecule has 0 aliphatic carbocycles. The lowest BCUT2D eigenvalue weighted by molar-refractivity contribution is 0.0864. The molecule has 1 unspecified atom stereocenters. The Morgan fingerprint density at radius 2 is 2.53 bits per heavy atom. The Morgan fingerprint density at radius 1 is 1.60 bits per heavy atom. The number of aryl methyl sites for hydroxylation is 1. The van der Waals surface area contributed by atoms with Gasteiger partial charge in [0, 0.05) is 13.0 Å². The fraction of sp³-hybridized carbons (Fsp3) is 0.800. The van der Waals surface area contributed by atoms with E-state index < -0.39 is 0 Å². The molecule has 1 fully saturated rings. The minimum Gasteiger partial charge on any atom is -0.373 e. The minimum absolute atomic E-state index is 0.458. The summed E-state index contributed by atoms with van der Waals surface area (Å²) in [5.41, 5.74) is 0. The van der Waals surface area contributed by atoms with Crippen molar-refractivity contribution in [3.05, 3.63) is 11.7 Å². The molecule has 5 nitrogen and oxygen atoms in total. The van der Waals surface area contributed by atoms with Crippen molar-refractivity contribution in [2.75, 3.05) is 19.7 Å². The highest BCUT2D eigenvalue weighted by molar-refractivity contribution is 4.83. The van der Waals surface area contributed by atoms with Gasteiger partial charge in [0.05, 0.1) is 6.61 Å². The van der Waals surface area contributed by atoms with Crippen molar-refractivity contribution in [1.29, 1.82) is 0 Å². The zero-order valence-electron chi connectivity index (χ0n) is 9.03. The third-order valence-corrected chi connectivity index (χ3v) is 2.56. The topological polar surface area (TPSA) is 60.2 Å². The van der Waals surface area contributed by atoms with Gasteiger partial charge in [0.2, 0.25) is 5.89 Å². The molecule has 0 radical (unpaired) electrons. The van der Waals surface area contributed by atoms with E-state index >= 15 is 0 Å². The maximum atomic E-state index is 5.54. The fourth-order valence-corrected chi connectivity index (χ4v) is 1.67. The van der Waals surface area contributed by atoms with E-state index in [1.165, 1.54) is 6.42 Å². The molecule has 0 bridgehead atoms. The van der Waals surface area contributed by atoms with Crippen LogP contribution in [-0.4, -0.2) is 29.8 Å². The molecule has 2 rings (SSSR count). The molecule has 1 aromatic heterocycles. The average Bonchev–Trinajstić information content (AvgIpc) is 2.88. The summed E-state index contributed by atoms with van der Waals surface area (Å²) in [5.74, 6) is 1.97. The third kappa shape index (κ3) is 3.00. The smallest absolute Gasteiger partial charge is 0.226 e. The Morgan fingerprint density at radius 3 is 3.20 bits per heavy atom. The number of aromatic nitrogens is 2. The van der Waals surface area contributed by atoms with Gasteiger partial charge < -0.3 is 14.6 Å². The molecule has 1 atom stereocenters. The second-order valence-electron chi connectivity index (χ2n) is 3.83. The molecule has 0 saturated carbocycles. The summed E-state index contributed by atoms with van der Waals surface area (Å²) < 4.78 is 10.5. The van der Waals surface area contributed by atoms with Crippen molar-refractivity contribution in [2.45, 2.75) is 26.4 Å². The summed E-state index contributed by atoms with van der Waals surface area (Å²) >= 11 is 0. The number of hydrogen-bond acceptors (Lipinski definition) is 5. The lowest BCUT2D eigenvalue weighted by Crippen LogP contribution is -2.14. The summed E-state index contributed by atoms with van der Waals surface area (Å²) in [6.45, 7) is 5.40. The lowest BCUT2D eigenvalue weighted by Gasteiger charge is -2.06. The first-order chi connectivity index (χ1) is 7.38. The predicted octanol–water partition coefficient (Wildman–Crippen LogP) is 0.758. The van der Waals surface area contributed by atoms with Gasteiger partial charge in [-0.05, 0) is 18.9 Å². The van der Waals surface area contributed by atoms with Crippen LogP contribution >= 0.6 is 0 Å². The monoisotopic (exact) mass is 211 g/mol. The van der Waals surface area contributed by atoms with Gasteiger partial charge in [-0.3, -0.25) is 0 Å². The zero-order chi connectivity index (χ0) is 10.5. The number of nitrogens with zero attached hydrogens (tertiary/aromatic N) is 2. The van der Waals surface area contributed by atoms with Gasteiger partial charge in [-0.1, -0.05) is 12.1 Å². The van der Waals surface area contributed by atoms with E-state index in [9.17, 15) is 0 Å². The van der Waals surface area contributed by atoms with Gasteiger partial charge in [0.15, 0.2) is 5.82 Å². The number of rotatable bonds is 5. The van der Waals surface area contributed by atoms with Crippen LogP contribution in [0.1, 0.15) is 25.1 Å². The van der Waals surface area contributed by atoms with Crippen LogP contribution in [0.3, 0.4) is 0 Å². The van der Waals surface area contributed by atoms with E-state index in [-0.39, 0.29) is 0 Å². The SMILES string of the molecule is CCc1nc(COCC2CCNC2)no1. The summed E-state index contributed by atoms with van der Waals surface area (Å²) in [5, 5.41) is 7.13. The number of hydrogen-bond donors (Lipinski definition) is 1. The molecule has 1 saturated heterocycles. The van der Waals surface area contributed by atoms with Gasteiger partial charge in [0.1, 0.15) is 6.61 Å². The van der Waals surface area contributed by atoms with Crippen LogP contribution in [0.4, 0.5) is 0 Å². The van der Waals surface area contributed by atoms with Crippen LogP contribution in [0.25, 0.3) is 0 Å². The largest absolute Gasteiger partial charge is 0.373 e. The highest BCUT2D eigenvalue weighted by atomic mass is 16.5. The first-order valence-corrected chi connectivity index (χ1v) is 5.48. The molecule has 2 heterocycles. The lowest BCUT2D eigenvalue weighted by atomic mass is 10.1. The molecule has 0 aromatic carbocycles. The highest BCUT2D eigenvalue weighted by Gasteiger charge is 2.14. The van der Waals surface area contributed by atoms with Crippen molar-refractivity contribution >= 4 is 0 Å². The van der Waals surface area contributed by atoms with E-state index in [2.05, 4.69) is 15.5 Å². The maximum absolute atomic E-state index is 5.54. The second-order valence-corrected chi connectivity index (χ2v) is 3.83. The van der Waals surface area contributed by atoms with Crippen LogP contribution in [-0.2, 0) is 17.8 Å². The Bertz CT molecular complexity index is 295. The van der Waals surface area contributed by atoms with Crippen molar-refractivity contribution < 1.29 is 9.26 Å². The molecule has 1 aliphatic heterocycles. The molecule has 0 amide bonds. The minimum atomic E-state index is 0.458. The Hall–Kier alpha value is -0.940. The van der Waals surface area contributed by atoms with Crippen LogP contribution in [0.5, 0.6) is 0 Å². The molecule has 5 heteroatoms. The average molecular weight is 211 g/mol. The van der Waals surface area contributed by atoms with Crippen LogP contribution in [0, 0.1) is 5.92 Å². The van der Waals surface area contributed by atoms with E-state index in [1.807, 2.05) is 6.92 Å². The van der Waals surface area contributed by atoms with E-state index in [0.29, 0.717) is 24.2 Å². The van der Waals surface area contributed by atoms with Crippen LogP contribution < -0.4 is 5.32 Å². The van der Waals surface area contributed by atoms with E-state index in [4.69, 9.17) is 9.26 Å². The molecular weight excluding hydrogens is 194 g/mol. The Kier molecular flexibility index (Phi) is 3.69. The normalized spacial score (nSPS) is 21.0. The fourth-order valence-electron chi connectivity index (χ4n) is 1.67. The maximum Gasteiger partial charge on any atom is 0.226 e. The van der Waals surface area contributed by atoms with Gasteiger partial charge in [-0.2, -0.15) is 4.98 Å². The molecule has 1 N–H and O–H groups in total. The van der Waals surface area contributed by atoms with Crippen molar-refractivity contribution in [1.82, 2.24) is 15.5 Å². The third-order valence-electron chi connectivity index (χ3n) is 2.56. The first-order valence-electron chi connectivity index (χ1n) is 5.48. The quantitative estimate of drug-likeness (QED) is 0.779. The highest BCUT2D eigenvalue weighted by Crippen LogP contribution is 2.08. The van der Waals surface area contributed by atoms with Crippen molar-refractivity contribution in [3.8, 4) is 0 Å². The van der Waals surface area contributed by atoms with E-state index in [1.54, 1.807) is 0 Å². The van der Waals surface area contributed by atoms with E-state index in [0.717, 1.165) is 26.1 Å². The first kappa shape index (κ1) is 10.6. The number of nitrogens with one attached hydrogen (secondary N) is 1. The standard InChI is InChI=1S/C10H17N3O2/c1-2-10-12-9(13-15-10)7-14-6-8-3-4-11-5-8/h8,11H,2-7H2,1H3. The summed E-state index contributed by atoms with van der Waals surface area (Å²) in [7, 11) is 0. The number of ether oxygens (including phenoxy) is 1. The zero-order valence-corrected chi connectivity index (χ0v) is 9.03. The summed E-state index contributed by atoms with van der Waals surface area (Å²) in [6, 6.07) is 0. The van der Waals surface area contributed by atoms with Gasteiger partial charge in [-0.15, -0.1) is 0 Å². The molecule has 84 valence electrons. The molecule has 1 aliphatic rings. The van der Waals surface area contributed by atoms with Crippen LogP contribution in [0.15, 0.2) is 4.52 Å². The van der Waals surface area contributed by atoms with Crippen molar-refractivity contribution in [3.63, 3.8) is 0 Å². The molecule has 0 spiro atoms. The van der Waals surface area contributed by atoms with Gasteiger partial charge >= 0.3 is 0 Å². The Labute approximate surface area is 89.2 Å². The van der Waals surface area contributed by atoms with Crippen molar-refractivity contribution in [2.24, 2.45) is 5.92 Å².